The number of fused-ring (bicyclic) bond motifs is 1. The molecule has 1 aromatic heterocycles. The Kier molecular flexibility index (Phi) is 10.5. The molecule has 1 amide bonds. The van der Waals surface area contributed by atoms with Gasteiger partial charge in [0.25, 0.3) is 0 Å². The summed E-state index contributed by atoms with van der Waals surface area (Å²) in [4.78, 5) is 26.4. The van der Waals surface area contributed by atoms with Crippen molar-refractivity contribution < 1.29 is 19.1 Å². The molecule has 200 valence electrons. The summed E-state index contributed by atoms with van der Waals surface area (Å²) < 4.78 is 12.5. The molecule has 8 nitrogen and oxygen atoms in total. The second-order valence-corrected chi connectivity index (χ2v) is 9.93. The van der Waals surface area contributed by atoms with Crippen LogP contribution in [0, 0.1) is 6.92 Å². The van der Waals surface area contributed by atoms with Gasteiger partial charge in [0, 0.05) is 28.9 Å². The lowest BCUT2D eigenvalue weighted by molar-refractivity contribution is -0.168. The Morgan fingerprint density at radius 2 is 1.84 bits per heavy atom. The average Bonchev–Trinajstić information content (AvgIpc) is 2.89. The van der Waals surface area contributed by atoms with E-state index in [-0.39, 0.29) is 11.9 Å². The fourth-order valence-corrected chi connectivity index (χ4v) is 4.79. The molecule has 0 aliphatic heterocycles. The minimum absolute atomic E-state index is 0.00717. The van der Waals surface area contributed by atoms with Crippen molar-refractivity contribution in [2.45, 2.75) is 58.4 Å². The van der Waals surface area contributed by atoms with Crippen LogP contribution in [0.5, 0.6) is 11.5 Å². The van der Waals surface area contributed by atoms with Gasteiger partial charge >= 0.3 is 0 Å². The maximum absolute atomic E-state index is 11.9. The quantitative estimate of drug-likeness (QED) is 0.187. The van der Waals surface area contributed by atoms with Crippen LogP contribution in [0.25, 0.3) is 10.9 Å². The van der Waals surface area contributed by atoms with Gasteiger partial charge in [-0.3, -0.25) is 9.63 Å². The Morgan fingerprint density at radius 1 is 1.08 bits per heavy atom. The first-order valence-corrected chi connectivity index (χ1v) is 13.3. The van der Waals surface area contributed by atoms with Crippen LogP contribution in [0.15, 0.2) is 34.8 Å². The number of ether oxygens (including phenoxy) is 2. The van der Waals surface area contributed by atoms with E-state index in [2.05, 4.69) is 40.3 Å². The lowest BCUT2D eigenvalue weighted by atomic mass is 10.00. The molecule has 0 aliphatic carbocycles. The fourth-order valence-electron chi connectivity index (χ4n) is 4.37. The molecule has 37 heavy (non-hydrogen) atoms. The molecule has 1 atom stereocenters. The van der Waals surface area contributed by atoms with Gasteiger partial charge < -0.3 is 14.8 Å². The summed E-state index contributed by atoms with van der Waals surface area (Å²) in [6.07, 6.45) is 4.96. The van der Waals surface area contributed by atoms with Crippen molar-refractivity contribution in [3.05, 3.63) is 51.8 Å². The number of unbranched alkanes of at least 4 members (excludes halogenated alkanes) is 3. The standard InChI is InChI=1S/C28H37BrN4O4/c1-18(20-12-11-13-21(29)16-20)30-28-23-17-24(35-4)27(36-5)22(26(23)31-19(2)32-28)14-9-7-8-10-15-25(34)33(3)37-6/h11-13,16-18H,7-10,14-15H2,1-6H3,(H,30,31,32)/t18-/m1/s1. The second-order valence-electron chi connectivity index (χ2n) is 9.02. The van der Waals surface area contributed by atoms with Crippen LogP contribution in [-0.2, 0) is 16.1 Å². The van der Waals surface area contributed by atoms with Crippen molar-refractivity contribution >= 4 is 38.6 Å². The number of halogens is 1. The molecule has 2 aromatic carbocycles. The zero-order valence-electron chi connectivity index (χ0n) is 22.6. The van der Waals surface area contributed by atoms with E-state index in [0.29, 0.717) is 23.7 Å². The van der Waals surface area contributed by atoms with Crippen LogP contribution in [-0.4, -0.2) is 49.3 Å². The number of carbonyl (C=O) groups excluding carboxylic acids is 1. The highest BCUT2D eigenvalue weighted by Crippen LogP contribution is 2.40. The van der Waals surface area contributed by atoms with Crippen molar-refractivity contribution in [1.29, 1.82) is 0 Å². The SMILES string of the molecule is COc1cc2c(N[C@H](C)c3cccc(Br)c3)nc(C)nc2c(CCCCCCC(=O)N(C)OC)c1OC. The third-order valence-corrected chi connectivity index (χ3v) is 6.93. The number of amides is 1. The number of nitrogens with zero attached hydrogens (tertiary/aromatic N) is 3. The predicted molar refractivity (Wildman–Crippen MR) is 150 cm³/mol. The van der Waals surface area contributed by atoms with E-state index in [9.17, 15) is 4.79 Å². The topological polar surface area (TPSA) is 85.8 Å². The first-order chi connectivity index (χ1) is 17.8. The minimum atomic E-state index is -0.00717. The average molecular weight is 574 g/mol. The number of aryl methyl sites for hydroxylation is 2. The highest BCUT2D eigenvalue weighted by atomic mass is 79.9. The van der Waals surface area contributed by atoms with Crippen LogP contribution < -0.4 is 14.8 Å². The van der Waals surface area contributed by atoms with Crippen LogP contribution >= 0.6 is 15.9 Å². The Hall–Kier alpha value is -2.91. The van der Waals surface area contributed by atoms with E-state index in [1.807, 2.05) is 25.1 Å². The van der Waals surface area contributed by atoms with Gasteiger partial charge in [0.2, 0.25) is 5.91 Å². The summed E-state index contributed by atoms with van der Waals surface area (Å²) >= 11 is 3.56. The smallest absolute Gasteiger partial charge is 0.245 e. The van der Waals surface area contributed by atoms with Gasteiger partial charge in [0.05, 0.1) is 32.9 Å². The largest absolute Gasteiger partial charge is 0.493 e. The van der Waals surface area contributed by atoms with E-state index >= 15 is 0 Å². The van der Waals surface area contributed by atoms with E-state index in [4.69, 9.17) is 24.3 Å². The van der Waals surface area contributed by atoms with Gasteiger partial charge in [0.1, 0.15) is 11.6 Å². The summed E-state index contributed by atoms with van der Waals surface area (Å²) in [6, 6.07) is 10.2. The zero-order valence-corrected chi connectivity index (χ0v) is 24.1. The molecule has 0 aliphatic rings. The second kappa shape index (κ2) is 13.6. The zero-order chi connectivity index (χ0) is 26.9. The van der Waals surface area contributed by atoms with Gasteiger partial charge in [-0.05, 0) is 56.9 Å². The Labute approximate surface area is 227 Å². The molecule has 0 unspecified atom stereocenters. The highest BCUT2D eigenvalue weighted by molar-refractivity contribution is 9.10. The summed E-state index contributed by atoms with van der Waals surface area (Å²) in [5.74, 6) is 2.80. The molecule has 0 saturated carbocycles. The number of methoxy groups -OCH3 is 2. The summed E-state index contributed by atoms with van der Waals surface area (Å²) in [7, 11) is 6.44. The van der Waals surface area contributed by atoms with Crippen molar-refractivity contribution in [1.82, 2.24) is 15.0 Å². The molecular formula is C28H37BrN4O4. The summed E-state index contributed by atoms with van der Waals surface area (Å²) in [5, 5.41) is 5.75. The Bertz CT molecular complexity index is 1220. The maximum atomic E-state index is 11.9. The summed E-state index contributed by atoms with van der Waals surface area (Å²) in [5.41, 5.74) is 3.02. The number of anilines is 1. The van der Waals surface area contributed by atoms with Crippen LogP contribution in [0.3, 0.4) is 0 Å². The number of aromatic nitrogens is 2. The highest BCUT2D eigenvalue weighted by Gasteiger charge is 2.20. The Balaban J connectivity index is 1.84. The molecular weight excluding hydrogens is 536 g/mol. The Morgan fingerprint density at radius 3 is 2.51 bits per heavy atom. The number of nitrogens with one attached hydrogen (secondary N) is 1. The molecule has 0 bridgehead atoms. The lowest BCUT2D eigenvalue weighted by Crippen LogP contribution is -2.24. The van der Waals surface area contributed by atoms with Gasteiger partial charge in [-0.2, -0.15) is 0 Å². The summed E-state index contributed by atoms with van der Waals surface area (Å²) in [6.45, 7) is 4.02. The van der Waals surface area contributed by atoms with Gasteiger partial charge in [-0.1, -0.05) is 40.9 Å². The minimum Gasteiger partial charge on any atom is -0.493 e. The first kappa shape index (κ1) is 28.7. The third kappa shape index (κ3) is 7.32. The maximum Gasteiger partial charge on any atom is 0.245 e. The first-order valence-electron chi connectivity index (χ1n) is 12.5. The van der Waals surface area contributed by atoms with Crippen molar-refractivity contribution in [2.24, 2.45) is 0 Å². The molecule has 3 rings (SSSR count). The van der Waals surface area contributed by atoms with Gasteiger partial charge in [0.15, 0.2) is 11.5 Å². The molecule has 3 aromatic rings. The van der Waals surface area contributed by atoms with Gasteiger partial charge in [-0.25, -0.2) is 15.0 Å². The lowest BCUT2D eigenvalue weighted by Gasteiger charge is -2.20. The van der Waals surface area contributed by atoms with E-state index in [1.54, 1.807) is 21.3 Å². The van der Waals surface area contributed by atoms with Gasteiger partial charge in [-0.15, -0.1) is 0 Å². The molecule has 1 heterocycles. The van der Waals surface area contributed by atoms with E-state index in [1.165, 1.54) is 12.2 Å². The molecule has 0 saturated heterocycles. The van der Waals surface area contributed by atoms with Crippen molar-refractivity contribution in [3.8, 4) is 11.5 Å². The molecule has 9 heteroatoms. The predicted octanol–water partition coefficient (Wildman–Crippen LogP) is 6.40. The van der Waals surface area contributed by atoms with Crippen LogP contribution in [0.4, 0.5) is 5.82 Å². The van der Waals surface area contributed by atoms with Crippen molar-refractivity contribution in [2.75, 3.05) is 33.7 Å². The van der Waals surface area contributed by atoms with Crippen molar-refractivity contribution in [3.63, 3.8) is 0 Å². The van der Waals surface area contributed by atoms with E-state index in [0.717, 1.165) is 64.4 Å². The number of benzene rings is 2. The van der Waals surface area contributed by atoms with Crippen LogP contribution in [0.2, 0.25) is 0 Å². The molecule has 1 N–H and O–H groups in total. The molecule has 0 fully saturated rings. The number of hydroxylamine groups is 2. The normalized spacial score (nSPS) is 11.9. The van der Waals surface area contributed by atoms with Crippen LogP contribution in [0.1, 0.15) is 62.0 Å². The monoisotopic (exact) mass is 572 g/mol. The number of carbonyl (C=O) groups is 1. The number of hydrogen-bond acceptors (Lipinski definition) is 7. The number of rotatable bonds is 13. The fraction of sp³-hybridized carbons (Fsp3) is 0.464. The third-order valence-electron chi connectivity index (χ3n) is 6.44. The molecule has 0 radical (unpaired) electrons. The number of hydrogen-bond donors (Lipinski definition) is 1. The molecule has 0 spiro atoms. The van der Waals surface area contributed by atoms with E-state index < -0.39 is 0 Å².